The van der Waals surface area contributed by atoms with E-state index in [0.717, 1.165) is 0 Å². The Morgan fingerprint density at radius 2 is 0.824 bits per heavy atom. The highest BCUT2D eigenvalue weighted by Crippen LogP contribution is 2.36. The number of nitro benzene ring substituents is 1. The smallest absolute Gasteiger partial charge is 0.269 e. The summed E-state index contributed by atoms with van der Waals surface area (Å²) in [4.78, 5) is 10.2. The van der Waals surface area contributed by atoms with Gasteiger partial charge in [0.05, 0.1) is 104 Å². The lowest BCUT2D eigenvalue weighted by atomic mass is 10.2. The molecule has 0 unspecified atom stereocenters. The maximum Gasteiger partial charge on any atom is 0.269 e. The van der Waals surface area contributed by atoms with Gasteiger partial charge in [-0.25, -0.2) is 0 Å². The van der Waals surface area contributed by atoms with Crippen molar-refractivity contribution in [1.82, 2.24) is 0 Å². The molecule has 0 aliphatic carbocycles. The fourth-order valence-corrected chi connectivity index (χ4v) is 9.86. The van der Waals surface area contributed by atoms with Gasteiger partial charge in [-0.2, -0.15) is 0 Å². The summed E-state index contributed by atoms with van der Waals surface area (Å²) in [6.07, 6.45) is 0. The number of non-ortho nitro benzene ring substituents is 1. The van der Waals surface area contributed by atoms with Gasteiger partial charge in [-0.1, -0.05) is 81.4 Å². The SMILES string of the molecule is CC(C)(C)[Si](OCCOCCOCCOCCOCCOCCOCCOCCOc1ccc([N+](=O)[O-])cc1)(c1ccccc1)c1ccccc1. The first-order chi connectivity index (χ1) is 24.8. The molecule has 3 aromatic carbocycles. The third-order valence-corrected chi connectivity index (χ3v) is 12.8. The molecule has 13 heteroatoms. The van der Waals surface area contributed by atoms with E-state index in [1.807, 2.05) is 12.1 Å². The van der Waals surface area contributed by atoms with E-state index >= 15 is 0 Å². The number of hydrogen-bond donors (Lipinski definition) is 0. The molecule has 0 saturated carbocycles. The molecule has 0 radical (unpaired) electrons. The van der Waals surface area contributed by atoms with Crippen molar-refractivity contribution in [3.05, 3.63) is 95.0 Å². The first-order valence-corrected chi connectivity index (χ1v) is 19.4. The third kappa shape index (κ3) is 15.9. The van der Waals surface area contributed by atoms with Crippen LogP contribution in [-0.4, -0.2) is 119 Å². The summed E-state index contributed by atoms with van der Waals surface area (Å²) >= 11 is 0. The van der Waals surface area contributed by atoms with E-state index in [4.69, 9.17) is 42.3 Å². The maximum absolute atomic E-state index is 10.7. The van der Waals surface area contributed by atoms with Crippen molar-refractivity contribution in [2.45, 2.75) is 25.8 Å². The molecule has 3 rings (SSSR count). The first-order valence-electron chi connectivity index (χ1n) is 17.5. The second-order valence-corrected chi connectivity index (χ2v) is 16.7. The van der Waals surface area contributed by atoms with Gasteiger partial charge in [-0.15, -0.1) is 0 Å². The molecule has 0 heterocycles. The molecular formula is C38H55NO11Si. The summed E-state index contributed by atoms with van der Waals surface area (Å²) in [6, 6.07) is 27.1. The van der Waals surface area contributed by atoms with Gasteiger partial charge < -0.3 is 42.3 Å². The predicted molar refractivity (Wildman–Crippen MR) is 198 cm³/mol. The van der Waals surface area contributed by atoms with E-state index in [1.165, 1.54) is 22.5 Å². The van der Waals surface area contributed by atoms with E-state index < -0.39 is 13.2 Å². The Bertz CT molecular complexity index is 1270. The van der Waals surface area contributed by atoms with Crippen LogP contribution in [0.25, 0.3) is 0 Å². The van der Waals surface area contributed by atoms with Gasteiger partial charge >= 0.3 is 0 Å². The predicted octanol–water partition coefficient (Wildman–Crippen LogP) is 4.67. The van der Waals surface area contributed by atoms with E-state index in [9.17, 15) is 10.1 Å². The van der Waals surface area contributed by atoms with E-state index in [2.05, 4.69) is 69.3 Å². The molecule has 51 heavy (non-hydrogen) atoms. The lowest BCUT2D eigenvalue weighted by molar-refractivity contribution is -0.384. The molecular weight excluding hydrogens is 674 g/mol. The fourth-order valence-electron chi connectivity index (χ4n) is 5.32. The van der Waals surface area contributed by atoms with Gasteiger partial charge in [0.1, 0.15) is 12.4 Å². The van der Waals surface area contributed by atoms with Crippen LogP contribution in [-0.2, 0) is 37.6 Å². The van der Waals surface area contributed by atoms with Crippen LogP contribution in [0, 0.1) is 10.1 Å². The topological polar surface area (TPSA) is 126 Å². The van der Waals surface area contributed by atoms with Crippen molar-refractivity contribution in [1.29, 1.82) is 0 Å². The summed E-state index contributed by atoms with van der Waals surface area (Å²) in [5, 5.41) is 13.1. The lowest BCUT2D eigenvalue weighted by Crippen LogP contribution is -2.66. The van der Waals surface area contributed by atoms with Crippen LogP contribution in [0.15, 0.2) is 84.9 Å². The Balaban J connectivity index is 1.07. The highest BCUT2D eigenvalue weighted by molar-refractivity contribution is 6.99. The molecule has 12 nitrogen and oxygen atoms in total. The van der Waals surface area contributed by atoms with Crippen LogP contribution >= 0.6 is 0 Å². The molecule has 0 saturated heterocycles. The lowest BCUT2D eigenvalue weighted by Gasteiger charge is -2.43. The zero-order chi connectivity index (χ0) is 36.5. The molecule has 0 fully saturated rings. The second kappa shape index (κ2) is 24.9. The van der Waals surface area contributed by atoms with Crippen molar-refractivity contribution >= 4 is 24.4 Å². The van der Waals surface area contributed by atoms with Crippen LogP contribution in [0.2, 0.25) is 5.04 Å². The number of benzene rings is 3. The van der Waals surface area contributed by atoms with E-state index in [0.29, 0.717) is 111 Å². The summed E-state index contributed by atoms with van der Waals surface area (Å²) in [7, 11) is -2.55. The highest BCUT2D eigenvalue weighted by Gasteiger charge is 2.50. The Morgan fingerprint density at radius 3 is 1.16 bits per heavy atom. The van der Waals surface area contributed by atoms with Crippen molar-refractivity contribution in [2.24, 2.45) is 0 Å². The number of nitrogens with zero attached hydrogens (tertiary/aromatic N) is 1. The van der Waals surface area contributed by atoms with Crippen LogP contribution in [0.3, 0.4) is 0 Å². The monoisotopic (exact) mass is 729 g/mol. The van der Waals surface area contributed by atoms with Crippen LogP contribution in [0.5, 0.6) is 5.75 Å². The van der Waals surface area contributed by atoms with Crippen LogP contribution < -0.4 is 15.1 Å². The van der Waals surface area contributed by atoms with Gasteiger partial charge in [-0.3, -0.25) is 10.1 Å². The van der Waals surface area contributed by atoms with E-state index in [-0.39, 0.29) is 10.7 Å². The third-order valence-electron chi connectivity index (χ3n) is 7.74. The molecule has 282 valence electrons. The maximum atomic E-state index is 10.7. The standard InChI is InChI=1S/C38H55NO11Si/c1-38(2,3)51(36-10-6-4-7-11-36,37-12-8-5-9-13-37)50-33-31-48-29-27-46-25-23-44-21-19-42-18-20-43-22-24-45-26-28-47-30-32-49-35-16-14-34(15-17-35)39(40)41/h4-17H,18-33H2,1-3H3. The minimum Gasteiger partial charge on any atom is -0.491 e. The molecule has 0 bridgehead atoms. The Kier molecular flexibility index (Phi) is 20.6. The Labute approximate surface area is 303 Å². The number of nitro groups is 1. The number of rotatable bonds is 29. The van der Waals surface area contributed by atoms with Crippen molar-refractivity contribution < 1.29 is 47.2 Å². The Hall–Kier alpha value is -3.24. The van der Waals surface area contributed by atoms with Gasteiger partial charge in [0.2, 0.25) is 0 Å². The summed E-state index contributed by atoms with van der Waals surface area (Å²) in [5.41, 5.74) is 0.0271. The molecule has 3 aromatic rings. The minimum atomic E-state index is -2.55. The fraction of sp³-hybridized carbons (Fsp3) is 0.526. The quantitative estimate of drug-likeness (QED) is 0.0429. The summed E-state index contributed by atoms with van der Waals surface area (Å²) < 4.78 is 51.3. The van der Waals surface area contributed by atoms with Crippen LogP contribution in [0.4, 0.5) is 5.69 Å². The average Bonchev–Trinajstić information content (AvgIpc) is 3.13. The molecule has 0 atom stereocenters. The van der Waals surface area contributed by atoms with Crippen molar-refractivity contribution in [2.75, 3.05) is 106 Å². The molecule has 0 aliphatic rings. The second-order valence-electron chi connectivity index (χ2n) is 12.4. The van der Waals surface area contributed by atoms with Gasteiger partial charge in [0.25, 0.3) is 14.0 Å². The number of ether oxygens (including phenoxy) is 8. The molecule has 0 spiro atoms. The zero-order valence-corrected chi connectivity index (χ0v) is 31.3. The van der Waals surface area contributed by atoms with Gasteiger partial charge in [-0.05, 0) is 27.5 Å². The normalized spacial score (nSPS) is 11.9. The first kappa shape index (κ1) is 42.2. The largest absolute Gasteiger partial charge is 0.491 e. The Morgan fingerprint density at radius 1 is 0.490 bits per heavy atom. The van der Waals surface area contributed by atoms with Crippen LogP contribution in [0.1, 0.15) is 20.8 Å². The summed E-state index contributed by atoms with van der Waals surface area (Å²) in [5.74, 6) is 0.558. The van der Waals surface area contributed by atoms with E-state index in [1.54, 1.807) is 12.1 Å². The van der Waals surface area contributed by atoms with Crippen molar-refractivity contribution in [3.63, 3.8) is 0 Å². The summed E-state index contributed by atoms with van der Waals surface area (Å²) in [6.45, 7) is 14.3. The minimum absolute atomic E-state index is 0.0271. The molecule has 0 aliphatic heterocycles. The number of hydrogen-bond acceptors (Lipinski definition) is 11. The zero-order valence-electron chi connectivity index (χ0n) is 30.3. The average molecular weight is 730 g/mol. The van der Waals surface area contributed by atoms with Gasteiger partial charge in [0.15, 0.2) is 0 Å². The molecule has 0 amide bonds. The molecule has 0 N–H and O–H groups in total. The highest BCUT2D eigenvalue weighted by atomic mass is 28.4. The molecule has 0 aromatic heterocycles. The van der Waals surface area contributed by atoms with Gasteiger partial charge in [0, 0.05) is 12.1 Å². The van der Waals surface area contributed by atoms with Crippen molar-refractivity contribution in [3.8, 4) is 5.75 Å².